The molecule has 0 saturated heterocycles. The lowest BCUT2D eigenvalue weighted by Gasteiger charge is -2.19. The SMILES string of the molecule is CCS(=O)(=O)NCCNC(=NC)NC(C)c1ccc(OCC(C)C)cc1.I. The minimum Gasteiger partial charge on any atom is -0.493 e. The Morgan fingerprint density at radius 3 is 2.30 bits per heavy atom. The van der Waals surface area contributed by atoms with E-state index in [1.165, 1.54) is 0 Å². The minimum absolute atomic E-state index is 0. The fraction of sp³-hybridized carbons (Fsp3) is 0.611. The van der Waals surface area contributed by atoms with E-state index in [1.807, 2.05) is 31.2 Å². The number of hydrogen-bond donors (Lipinski definition) is 3. The molecule has 156 valence electrons. The van der Waals surface area contributed by atoms with Gasteiger partial charge < -0.3 is 15.4 Å². The molecule has 0 fully saturated rings. The van der Waals surface area contributed by atoms with Crippen molar-refractivity contribution >= 4 is 40.0 Å². The maximum Gasteiger partial charge on any atom is 0.211 e. The number of hydrogen-bond acceptors (Lipinski definition) is 4. The summed E-state index contributed by atoms with van der Waals surface area (Å²) in [5.74, 6) is 2.05. The summed E-state index contributed by atoms with van der Waals surface area (Å²) in [7, 11) is -1.49. The first kappa shape index (κ1) is 25.9. The largest absolute Gasteiger partial charge is 0.493 e. The zero-order chi connectivity index (χ0) is 19.6. The molecule has 7 nitrogen and oxygen atoms in total. The van der Waals surface area contributed by atoms with Gasteiger partial charge in [-0.15, -0.1) is 24.0 Å². The van der Waals surface area contributed by atoms with Crippen LogP contribution in [0.25, 0.3) is 0 Å². The number of nitrogens with one attached hydrogen (secondary N) is 3. The van der Waals surface area contributed by atoms with E-state index in [1.54, 1.807) is 14.0 Å². The van der Waals surface area contributed by atoms with Crippen molar-refractivity contribution < 1.29 is 13.2 Å². The van der Waals surface area contributed by atoms with E-state index in [9.17, 15) is 8.42 Å². The highest BCUT2D eigenvalue weighted by atomic mass is 127. The molecule has 3 N–H and O–H groups in total. The Hall–Kier alpha value is -1.07. The van der Waals surface area contributed by atoms with Crippen molar-refractivity contribution in [1.82, 2.24) is 15.4 Å². The molecule has 0 saturated carbocycles. The molecular weight excluding hydrogens is 479 g/mol. The Kier molecular flexibility index (Phi) is 12.6. The molecule has 0 aliphatic carbocycles. The summed E-state index contributed by atoms with van der Waals surface area (Å²) in [5.41, 5.74) is 1.11. The van der Waals surface area contributed by atoms with Crippen LogP contribution in [0.2, 0.25) is 0 Å². The second-order valence-electron chi connectivity index (χ2n) is 6.44. The first-order valence-corrected chi connectivity index (χ1v) is 10.6. The molecule has 0 radical (unpaired) electrons. The van der Waals surface area contributed by atoms with Gasteiger partial charge in [0.1, 0.15) is 5.75 Å². The lowest BCUT2D eigenvalue weighted by atomic mass is 10.1. The van der Waals surface area contributed by atoms with Crippen LogP contribution in [0.3, 0.4) is 0 Å². The van der Waals surface area contributed by atoms with Crippen LogP contribution in [0.15, 0.2) is 29.3 Å². The quantitative estimate of drug-likeness (QED) is 0.194. The summed E-state index contributed by atoms with van der Waals surface area (Å²) < 4.78 is 31.0. The molecule has 1 aromatic carbocycles. The van der Waals surface area contributed by atoms with Gasteiger partial charge >= 0.3 is 0 Å². The standard InChI is InChI=1S/C18H32N4O3S.HI/c1-6-26(23,24)21-12-11-20-18(19-5)22-15(4)16-7-9-17(10-8-16)25-13-14(2)3;/h7-10,14-15,21H,6,11-13H2,1-5H3,(H2,19,20,22);1H. The van der Waals surface area contributed by atoms with Crippen LogP contribution >= 0.6 is 24.0 Å². The Bertz CT molecular complexity index is 664. The predicted molar refractivity (Wildman–Crippen MR) is 123 cm³/mol. The van der Waals surface area contributed by atoms with E-state index in [0.29, 0.717) is 31.6 Å². The van der Waals surface area contributed by atoms with Gasteiger partial charge in [0, 0.05) is 20.1 Å². The fourth-order valence-electron chi connectivity index (χ4n) is 2.09. The van der Waals surface area contributed by atoms with Crippen LogP contribution in [0.1, 0.15) is 39.3 Å². The Labute approximate surface area is 180 Å². The number of aliphatic imine (C=N–C) groups is 1. The van der Waals surface area contributed by atoms with Crippen LogP contribution in [0, 0.1) is 5.92 Å². The molecule has 0 bridgehead atoms. The summed E-state index contributed by atoms with van der Waals surface area (Å²) in [6, 6.07) is 8.02. The van der Waals surface area contributed by atoms with Gasteiger partial charge in [0.2, 0.25) is 10.0 Å². The van der Waals surface area contributed by atoms with Crippen molar-refractivity contribution in [2.45, 2.75) is 33.7 Å². The number of halogens is 1. The molecule has 0 heterocycles. The number of nitrogens with zero attached hydrogens (tertiary/aromatic N) is 1. The molecule has 1 rings (SSSR count). The Morgan fingerprint density at radius 2 is 1.78 bits per heavy atom. The monoisotopic (exact) mass is 512 g/mol. The van der Waals surface area contributed by atoms with Crippen molar-refractivity contribution in [1.29, 1.82) is 0 Å². The summed E-state index contributed by atoms with van der Waals surface area (Å²) in [4.78, 5) is 4.17. The van der Waals surface area contributed by atoms with Crippen LogP contribution in [0.5, 0.6) is 5.75 Å². The highest BCUT2D eigenvalue weighted by Gasteiger charge is 2.09. The third-order valence-electron chi connectivity index (χ3n) is 3.66. The second-order valence-corrected chi connectivity index (χ2v) is 8.53. The van der Waals surface area contributed by atoms with E-state index >= 15 is 0 Å². The maximum atomic E-state index is 11.4. The van der Waals surface area contributed by atoms with Gasteiger partial charge in [0.15, 0.2) is 5.96 Å². The van der Waals surface area contributed by atoms with Crippen molar-refractivity contribution in [2.75, 3.05) is 32.5 Å². The molecule has 1 aromatic rings. The molecule has 27 heavy (non-hydrogen) atoms. The lowest BCUT2D eigenvalue weighted by Crippen LogP contribution is -2.42. The van der Waals surface area contributed by atoms with Crippen LogP contribution in [0.4, 0.5) is 0 Å². The molecule has 0 aliphatic rings. The van der Waals surface area contributed by atoms with E-state index in [2.05, 4.69) is 34.2 Å². The predicted octanol–water partition coefficient (Wildman–Crippen LogP) is 2.50. The van der Waals surface area contributed by atoms with Gasteiger partial charge in [-0.3, -0.25) is 4.99 Å². The molecule has 0 aromatic heterocycles. The smallest absolute Gasteiger partial charge is 0.211 e. The average molecular weight is 512 g/mol. The third kappa shape index (κ3) is 10.7. The molecule has 1 unspecified atom stereocenters. The molecule has 0 amide bonds. The highest BCUT2D eigenvalue weighted by molar-refractivity contribution is 14.0. The first-order chi connectivity index (χ1) is 12.3. The lowest BCUT2D eigenvalue weighted by molar-refractivity contribution is 0.271. The van der Waals surface area contributed by atoms with E-state index in [4.69, 9.17) is 4.74 Å². The van der Waals surface area contributed by atoms with Crippen LogP contribution in [-0.2, 0) is 10.0 Å². The summed E-state index contributed by atoms with van der Waals surface area (Å²) >= 11 is 0. The van der Waals surface area contributed by atoms with Gasteiger partial charge in [-0.2, -0.15) is 0 Å². The topological polar surface area (TPSA) is 91.8 Å². The normalized spacial score (nSPS) is 13.0. The van der Waals surface area contributed by atoms with Gasteiger partial charge in [-0.1, -0.05) is 26.0 Å². The fourth-order valence-corrected chi connectivity index (χ4v) is 2.71. The van der Waals surface area contributed by atoms with Gasteiger partial charge in [0.25, 0.3) is 0 Å². The maximum absolute atomic E-state index is 11.4. The highest BCUT2D eigenvalue weighted by Crippen LogP contribution is 2.18. The van der Waals surface area contributed by atoms with Gasteiger partial charge in [-0.05, 0) is 37.5 Å². The van der Waals surface area contributed by atoms with Gasteiger partial charge in [0.05, 0.1) is 18.4 Å². The summed E-state index contributed by atoms with van der Waals surface area (Å²) in [5, 5.41) is 6.38. The van der Waals surface area contributed by atoms with Crippen molar-refractivity contribution in [2.24, 2.45) is 10.9 Å². The summed E-state index contributed by atoms with van der Waals surface area (Å²) in [6.07, 6.45) is 0. The first-order valence-electron chi connectivity index (χ1n) is 8.94. The minimum atomic E-state index is -3.17. The van der Waals surface area contributed by atoms with Crippen molar-refractivity contribution in [3.8, 4) is 5.75 Å². The van der Waals surface area contributed by atoms with E-state index < -0.39 is 10.0 Å². The molecule has 1 atom stereocenters. The Balaban J connectivity index is 0.00000676. The number of sulfonamides is 1. The summed E-state index contributed by atoms with van der Waals surface area (Å²) in [6.45, 7) is 9.35. The van der Waals surface area contributed by atoms with E-state index in [-0.39, 0.29) is 35.8 Å². The van der Waals surface area contributed by atoms with Crippen LogP contribution in [-0.4, -0.2) is 46.9 Å². The Morgan fingerprint density at radius 1 is 1.15 bits per heavy atom. The third-order valence-corrected chi connectivity index (χ3v) is 5.06. The number of benzene rings is 1. The molecule has 9 heteroatoms. The van der Waals surface area contributed by atoms with Crippen molar-refractivity contribution in [3.05, 3.63) is 29.8 Å². The van der Waals surface area contributed by atoms with Crippen LogP contribution < -0.4 is 20.1 Å². The zero-order valence-corrected chi connectivity index (χ0v) is 19.9. The zero-order valence-electron chi connectivity index (χ0n) is 16.8. The van der Waals surface area contributed by atoms with E-state index in [0.717, 1.165) is 11.3 Å². The number of guanidine groups is 1. The van der Waals surface area contributed by atoms with Gasteiger partial charge in [-0.25, -0.2) is 13.1 Å². The second kappa shape index (κ2) is 13.2. The van der Waals surface area contributed by atoms with Crippen molar-refractivity contribution in [3.63, 3.8) is 0 Å². The molecular formula is C18H33IN4O3S. The average Bonchev–Trinajstić information content (AvgIpc) is 2.62. The molecule has 0 aliphatic heterocycles. The number of rotatable bonds is 10. The number of ether oxygens (including phenoxy) is 1. The molecule has 0 spiro atoms.